The van der Waals surface area contributed by atoms with E-state index in [4.69, 9.17) is 4.74 Å². The third kappa shape index (κ3) is 4.22. The summed E-state index contributed by atoms with van der Waals surface area (Å²) in [6.45, 7) is 4.21. The number of aryl methyl sites for hydroxylation is 2. The van der Waals surface area contributed by atoms with Crippen LogP contribution in [0.2, 0.25) is 0 Å². The second-order valence-corrected chi connectivity index (χ2v) is 8.00. The Morgan fingerprint density at radius 2 is 1.64 bits per heavy atom. The molecule has 1 fully saturated rings. The van der Waals surface area contributed by atoms with Crippen LogP contribution in [0.4, 0.5) is 11.4 Å². The molecule has 1 saturated heterocycles. The fourth-order valence-electron chi connectivity index (χ4n) is 4.67. The van der Waals surface area contributed by atoms with Gasteiger partial charge < -0.3 is 14.5 Å². The number of anilines is 2. The van der Waals surface area contributed by atoms with E-state index in [1.807, 2.05) is 0 Å². The van der Waals surface area contributed by atoms with Crippen molar-refractivity contribution in [3.05, 3.63) is 59.7 Å². The van der Waals surface area contributed by atoms with Gasteiger partial charge in [-0.05, 0) is 68.0 Å². The van der Waals surface area contributed by atoms with E-state index in [0.29, 0.717) is 12.3 Å². The number of benzene rings is 2. The number of fused-ring (bicyclic) bond motifs is 2. The Balaban J connectivity index is 1.40. The van der Waals surface area contributed by atoms with E-state index < -0.39 is 0 Å². The van der Waals surface area contributed by atoms with Crippen LogP contribution >= 0.6 is 0 Å². The van der Waals surface area contributed by atoms with Gasteiger partial charge >= 0.3 is 5.97 Å². The maximum Gasteiger partial charge on any atom is 0.305 e. The molecule has 0 aromatic heterocycles. The van der Waals surface area contributed by atoms with Crippen LogP contribution in [0.3, 0.4) is 0 Å². The number of ether oxygens (including phenoxy) is 1. The Bertz CT molecular complexity index is 772. The zero-order valence-corrected chi connectivity index (χ0v) is 16.8. The van der Waals surface area contributed by atoms with E-state index in [-0.39, 0.29) is 5.97 Å². The van der Waals surface area contributed by atoms with E-state index in [9.17, 15) is 4.79 Å². The van der Waals surface area contributed by atoms with Crippen LogP contribution in [0.25, 0.3) is 0 Å². The lowest BCUT2D eigenvalue weighted by Crippen LogP contribution is -2.27. The molecule has 148 valence electrons. The van der Waals surface area contributed by atoms with Gasteiger partial charge in [-0.25, -0.2) is 0 Å². The first kappa shape index (κ1) is 19.0. The largest absolute Gasteiger partial charge is 0.469 e. The second-order valence-electron chi connectivity index (χ2n) is 8.00. The summed E-state index contributed by atoms with van der Waals surface area (Å²) >= 11 is 0. The van der Waals surface area contributed by atoms with Gasteiger partial charge in [0.2, 0.25) is 0 Å². The van der Waals surface area contributed by atoms with E-state index in [1.54, 1.807) is 0 Å². The number of likely N-dealkylation sites (tertiary alicyclic amines) is 1. The van der Waals surface area contributed by atoms with Gasteiger partial charge in [0.1, 0.15) is 0 Å². The lowest BCUT2D eigenvalue weighted by atomic mass is 10.0. The Kier molecular flexibility index (Phi) is 5.96. The summed E-state index contributed by atoms with van der Waals surface area (Å²) in [6, 6.07) is 17.7. The third-order valence-electron chi connectivity index (χ3n) is 6.14. The highest BCUT2D eigenvalue weighted by Gasteiger charge is 2.25. The molecule has 0 N–H and O–H groups in total. The van der Waals surface area contributed by atoms with Crippen LogP contribution in [-0.2, 0) is 22.4 Å². The highest BCUT2D eigenvalue weighted by molar-refractivity contribution is 5.71. The van der Waals surface area contributed by atoms with Gasteiger partial charge in [0.05, 0.1) is 7.11 Å². The molecule has 28 heavy (non-hydrogen) atoms. The number of rotatable bonds is 6. The molecule has 4 rings (SSSR count). The number of esters is 1. The first-order valence-electron chi connectivity index (χ1n) is 10.5. The minimum Gasteiger partial charge on any atom is -0.469 e. The maximum atomic E-state index is 11.5. The average Bonchev–Trinajstić information content (AvgIpc) is 3.10. The normalized spacial score (nSPS) is 19.0. The van der Waals surface area contributed by atoms with Gasteiger partial charge in [-0.3, -0.25) is 4.79 Å². The predicted molar refractivity (Wildman–Crippen MR) is 113 cm³/mol. The highest BCUT2D eigenvalue weighted by atomic mass is 16.5. The Labute approximate surface area is 168 Å². The molecule has 4 heteroatoms. The quantitative estimate of drug-likeness (QED) is 0.706. The smallest absolute Gasteiger partial charge is 0.305 e. The number of para-hydroxylation sites is 2. The third-order valence-corrected chi connectivity index (χ3v) is 6.14. The van der Waals surface area contributed by atoms with Crippen LogP contribution in [0.1, 0.15) is 30.4 Å². The SMILES string of the molecule is COC(=O)CC1CCN(CCCN2c3ccccc3CCc3ccccc32)C1. The van der Waals surface area contributed by atoms with Gasteiger partial charge in [-0.1, -0.05) is 36.4 Å². The van der Waals surface area contributed by atoms with Crippen LogP contribution in [0.15, 0.2) is 48.5 Å². The molecule has 1 atom stereocenters. The highest BCUT2D eigenvalue weighted by Crippen LogP contribution is 2.36. The molecule has 0 radical (unpaired) electrons. The zero-order valence-electron chi connectivity index (χ0n) is 16.8. The van der Waals surface area contributed by atoms with Crippen molar-refractivity contribution < 1.29 is 9.53 Å². The van der Waals surface area contributed by atoms with E-state index >= 15 is 0 Å². The summed E-state index contributed by atoms with van der Waals surface area (Å²) in [7, 11) is 1.48. The summed E-state index contributed by atoms with van der Waals surface area (Å²) in [4.78, 5) is 16.5. The molecular formula is C24H30N2O2. The van der Waals surface area contributed by atoms with Gasteiger partial charge in [0.25, 0.3) is 0 Å². The van der Waals surface area contributed by atoms with Crippen LogP contribution in [0, 0.1) is 5.92 Å². The molecule has 0 amide bonds. The van der Waals surface area contributed by atoms with Gasteiger partial charge in [0, 0.05) is 30.9 Å². The standard InChI is InChI=1S/C24H30N2O2/c1-28-24(27)17-19-13-16-25(18-19)14-6-15-26-22-9-4-2-7-20(22)11-12-21-8-3-5-10-23(21)26/h2-5,7-10,19H,6,11-18H2,1H3. The van der Waals surface area contributed by atoms with Crippen molar-refractivity contribution >= 4 is 17.3 Å². The monoisotopic (exact) mass is 378 g/mol. The first-order valence-corrected chi connectivity index (χ1v) is 10.5. The molecule has 0 spiro atoms. The number of hydrogen-bond acceptors (Lipinski definition) is 4. The van der Waals surface area contributed by atoms with Gasteiger partial charge in [0.15, 0.2) is 0 Å². The summed E-state index contributed by atoms with van der Waals surface area (Å²) in [5, 5.41) is 0. The molecule has 4 nitrogen and oxygen atoms in total. The minimum absolute atomic E-state index is 0.0790. The number of carbonyl (C=O) groups excluding carboxylic acids is 1. The maximum absolute atomic E-state index is 11.5. The molecule has 0 bridgehead atoms. The van der Waals surface area contributed by atoms with E-state index in [2.05, 4.69) is 58.3 Å². The van der Waals surface area contributed by atoms with Crippen molar-refractivity contribution in [3.63, 3.8) is 0 Å². The Morgan fingerprint density at radius 3 is 2.29 bits per heavy atom. The van der Waals surface area contributed by atoms with Crippen molar-refractivity contribution in [1.29, 1.82) is 0 Å². The topological polar surface area (TPSA) is 32.8 Å². The summed E-state index contributed by atoms with van der Waals surface area (Å²) in [6.07, 6.45) is 4.98. The molecule has 2 heterocycles. The zero-order chi connectivity index (χ0) is 19.3. The van der Waals surface area contributed by atoms with Crippen LogP contribution in [0.5, 0.6) is 0 Å². The molecule has 1 unspecified atom stereocenters. The molecule has 0 saturated carbocycles. The number of nitrogens with zero attached hydrogens (tertiary/aromatic N) is 2. The fourth-order valence-corrected chi connectivity index (χ4v) is 4.67. The van der Waals surface area contributed by atoms with Crippen molar-refractivity contribution in [2.24, 2.45) is 5.92 Å². The summed E-state index contributed by atoms with van der Waals surface area (Å²) in [5.41, 5.74) is 5.60. The summed E-state index contributed by atoms with van der Waals surface area (Å²) < 4.78 is 4.82. The van der Waals surface area contributed by atoms with Crippen molar-refractivity contribution in [2.75, 3.05) is 38.2 Å². The molecule has 2 aromatic rings. The van der Waals surface area contributed by atoms with Crippen molar-refractivity contribution in [2.45, 2.75) is 32.1 Å². The van der Waals surface area contributed by atoms with Crippen LogP contribution in [-0.4, -0.2) is 44.2 Å². The van der Waals surface area contributed by atoms with Gasteiger partial charge in [-0.2, -0.15) is 0 Å². The summed E-state index contributed by atoms with van der Waals surface area (Å²) in [5.74, 6) is 0.372. The molecule has 2 aliphatic rings. The van der Waals surface area contributed by atoms with E-state index in [0.717, 1.165) is 51.9 Å². The lowest BCUT2D eigenvalue weighted by Gasteiger charge is -2.28. The van der Waals surface area contributed by atoms with Crippen LogP contribution < -0.4 is 4.90 Å². The molecule has 0 aliphatic carbocycles. The fraction of sp³-hybridized carbons (Fsp3) is 0.458. The van der Waals surface area contributed by atoms with E-state index in [1.165, 1.54) is 29.6 Å². The first-order chi connectivity index (χ1) is 13.7. The molecule has 2 aliphatic heterocycles. The second kappa shape index (κ2) is 8.78. The van der Waals surface area contributed by atoms with Crippen molar-refractivity contribution in [1.82, 2.24) is 4.90 Å². The Morgan fingerprint density at radius 1 is 1.00 bits per heavy atom. The lowest BCUT2D eigenvalue weighted by molar-refractivity contribution is -0.141. The van der Waals surface area contributed by atoms with Crippen molar-refractivity contribution in [3.8, 4) is 0 Å². The van der Waals surface area contributed by atoms with Gasteiger partial charge in [-0.15, -0.1) is 0 Å². The number of carbonyl (C=O) groups is 1. The molecule has 2 aromatic carbocycles. The Hall–Kier alpha value is -2.33. The number of hydrogen-bond donors (Lipinski definition) is 0. The average molecular weight is 379 g/mol. The molecular weight excluding hydrogens is 348 g/mol. The predicted octanol–water partition coefficient (Wildman–Crippen LogP) is 4.20. The minimum atomic E-state index is -0.0790. The number of methoxy groups -OCH3 is 1.